The largest absolute Gasteiger partial charge is 0.505 e. The maximum atomic E-state index is 14.4. The number of phenolic OH excluding ortho intramolecular Hbond substituents is 1. The van der Waals surface area contributed by atoms with Crippen LogP contribution in [-0.2, 0) is 18.8 Å². The van der Waals surface area contributed by atoms with Crippen molar-refractivity contribution in [3.05, 3.63) is 107 Å². The predicted octanol–water partition coefficient (Wildman–Crippen LogP) is 8.72. The average molecular weight is 750 g/mol. The molecule has 4 atom stereocenters. The molecule has 1 N–H and O–H groups in total. The monoisotopic (exact) mass is 749 g/mol. The second-order valence-electron chi connectivity index (χ2n) is 16.9. The van der Waals surface area contributed by atoms with Crippen LogP contribution < -0.4 is 10.4 Å². The molecule has 8 heteroatoms. The molecule has 3 aromatic rings. The van der Waals surface area contributed by atoms with Crippen molar-refractivity contribution >= 4 is 36.6 Å². The van der Waals surface area contributed by atoms with E-state index in [0.29, 0.717) is 26.1 Å². The number of fused-ring (bicyclic) bond motifs is 3. The molecule has 6 nitrogen and oxygen atoms in total. The summed E-state index contributed by atoms with van der Waals surface area (Å²) in [5.74, 6) is -1.96. The Balaban J connectivity index is 1.26. The van der Waals surface area contributed by atoms with Gasteiger partial charge in [0, 0.05) is 12.0 Å². The first-order valence-corrected chi connectivity index (χ1v) is 22.1. The molecule has 3 aromatic carbocycles. The van der Waals surface area contributed by atoms with Crippen molar-refractivity contribution in [3.8, 4) is 5.75 Å². The summed E-state index contributed by atoms with van der Waals surface area (Å²) in [7, 11) is -2.90. The Labute approximate surface area is 321 Å². The molecule has 2 aliphatic heterocycles. The second kappa shape index (κ2) is 16.1. The van der Waals surface area contributed by atoms with Gasteiger partial charge in [-0.05, 0) is 82.8 Å². The molecule has 0 radical (unpaired) electrons. The number of hydrogen-bond donors (Lipinski definition) is 1. The maximum Gasteiger partial charge on any atom is 0.261 e. The third-order valence-corrected chi connectivity index (χ3v) is 17.5. The van der Waals surface area contributed by atoms with Gasteiger partial charge in [0.05, 0.1) is 31.2 Å². The first-order chi connectivity index (χ1) is 26.0. The van der Waals surface area contributed by atoms with Crippen LogP contribution in [0.1, 0.15) is 97.5 Å². The Bertz CT molecular complexity index is 1840. The molecule has 4 aliphatic rings. The zero-order valence-corrected chi connectivity index (χ0v) is 33.4. The van der Waals surface area contributed by atoms with Crippen LogP contribution in [0.5, 0.6) is 5.75 Å². The van der Waals surface area contributed by atoms with Gasteiger partial charge in [-0.15, -0.1) is 0 Å². The van der Waals surface area contributed by atoms with Gasteiger partial charge < -0.3 is 14.3 Å². The lowest BCUT2D eigenvalue weighted by Crippen LogP contribution is -2.66. The van der Waals surface area contributed by atoms with Crippen molar-refractivity contribution in [1.82, 2.24) is 4.90 Å². The summed E-state index contributed by atoms with van der Waals surface area (Å²) in [4.78, 5) is 30.4. The number of halogens is 1. The maximum absolute atomic E-state index is 14.4. The molecular weight excluding hydrogens is 694 g/mol. The number of hydrogen-bond acceptors (Lipinski definition) is 5. The first kappa shape index (κ1) is 38.4. The standard InChI is InChI=1S/C46H56FNO5Si/c1-5-15-31(26-32-22-24-40(49)39(47)27-32)23-25-41-42-33(28-37-43(38(42)30-52-41)45(51)48(44(37)50)34-16-9-6-10-17-34)29-53-54(46(2,3)4,35-18-11-7-12-19-35)36-20-13-8-14-21-36/h7-8,11-14,18-22,24,26-27,34,37-38,41,43,49H,5-6,9-10,15-17,23,25,28-30H2,1-4H3/b31-26+/t37-,38+,41-,43-/m1/s1. The van der Waals surface area contributed by atoms with Crippen LogP contribution in [0.25, 0.3) is 6.08 Å². The summed E-state index contributed by atoms with van der Waals surface area (Å²) in [6.07, 6.45) is 10.6. The van der Waals surface area contributed by atoms with Gasteiger partial charge >= 0.3 is 0 Å². The third kappa shape index (κ3) is 7.29. The van der Waals surface area contributed by atoms with Gasteiger partial charge in [-0.2, -0.15) is 0 Å². The molecule has 1 saturated carbocycles. The van der Waals surface area contributed by atoms with E-state index in [9.17, 15) is 19.1 Å². The number of nitrogens with zero attached hydrogens (tertiary/aromatic N) is 1. The third-order valence-electron chi connectivity index (χ3n) is 12.5. The van der Waals surface area contributed by atoms with Crippen LogP contribution >= 0.6 is 0 Å². The Kier molecular flexibility index (Phi) is 11.4. The van der Waals surface area contributed by atoms with Gasteiger partial charge in [-0.1, -0.05) is 132 Å². The molecular formula is C46H56FNO5Si. The highest BCUT2D eigenvalue weighted by atomic mass is 28.4. The van der Waals surface area contributed by atoms with Gasteiger partial charge in [-0.3, -0.25) is 14.5 Å². The average Bonchev–Trinajstić information content (AvgIpc) is 3.70. The van der Waals surface area contributed by atoms with Crippen LogP contribution in [0.3, 0.4) is 0 Å². The van der Waals surface area contributed by atoms with Gasteiger partial charge in [0.2, 0.25) is 11.8 Å². The van der Waals surface area contributed by atoms with Crippen molar-refractivity contribution in [3.63, 3.8) is 0 Å². The van der Waals surface area contributed by atoms with Crippen LogP contribution in [0.15, 0.2) is 95.6 Å². The zero-order chi connectivity index (χ0) is 38.0. The SMILES string of the molecule is CCC/C(=C\c1ccc(O)c(F)c1)CC[C@H]1OC[C@H]2C1=C(CO[Si](c1ccccc1)(c1ccccc1)C(C)(C)C)C[C@H]1C(=O)N(C3CCCCC3)C(=O)[C@H]12. The van der Waals surface area contributed by atoms with Gasteiger partial charge in [0.25, 0.3) is 8.32 Å². The lowest BCUT2D eigenvalue weighted by Gasteiger charge is -2.44. The highest BCUT2D eigenvalue weighted by Crippen LogP contribution is 2.51. The number of allylic oxidation sites excluding steroid dienone is 1. The van der Waals surface area contributed by atoms with Gasteiger partial charge in [-0.25, -0.2) is 4.39 Å². The fraction of sp³-hybridized carbons (Fsp3) is 0.478. The topological polar surface area (TPSA) is 76.1 Å². The molecule has 286 valence electrons. The van der Waals surface area contributed by atoms with Crippen molar-refractivity contribution < 1.29 is 28.2 Å². The summed E-state index contributed by atoms with van der Waals surface area (Å²) in [6, 6.07) is 25.8. The summed E-state index contributed by atoms with van der Waals surface area (Å²) in [6.45, 7) is 9.76. The molecule has 0 unspecified atom stereocenters. The lowest BCUT2D eigenvalue weighted by atomic mass is 9.69. The summed E-state index contributed by atoms with van der Waals surface area (Å²) >= 11 is 0. The summed E-state index contributed by atoms with van der Waals surface area (Å²) in [5, 5.41) is 11.9. The normalized spacial score (nSPS) is 23.9. The van der Waals surface area contributed by atoms with Crippen molar-refractivity contribution in [1.29, 1.82) is 0 Å². The number of ether oxygens (including phenoxy) is 1. The Morgan fingerprint density at radius 2 is 1.59 bits per heavy atom. The number of rotatable bonds is 12. The number of carbonyl (C=O) groups is 2. The summed E-state index contributed by atoms with van der Waals surface area (Å²) < 4.78 is 28.5. The minimum atomic E-state index is -2.90. The smallest absolute Gasteiger partial charge is 0.261 e. The molecule has 2 heterocycles. The van der Waals surface area contributed by atoms with E-state index in [2.05, 4.69) is 76.2 Å². The molecule has 0 bridgehead atoms. The van der Waals surface area contributed by atoms with Crippen molar-refractivity contribution in [2.24, 2.45) is 17.8 Å². The van der Waals surface area contributed by atoms with E-state index < -0.39 is 26.0 Å². The molecule has 2 aliphatic carbocycles. The molecule has 3 fully saturated rings. The molecule has 0 aromatic heterocycles. The fourth-order valence-corrected chi connectivity index (χ4v) is 14.6. The molecule has 2 saturated heterocycles. The van der Waals surface area contributed by atoms with Gasteiger partial charge in [0.1, 0.15) is 0 Å². The number of amides is 2. The number of benzene rings is 3. The van der Waals surface area contributed by atoms with E-state index in [-0.39, 0.29) is 40.7 Å². The van der Waals surface area contributed by atoms with Crippen molar-refractivity contribution in [2.75, 3.05) is 13.2 Å². The first-order valence-electron chi connectivity index (χ1n) is 20.2. The minimum Gasteiger partial charge on any atom is -0.505 e. The van der Waals surface area contributed by atoms with Crippen LogP contribution in [0.2, 0.25) is 5.04 Å². The molecule has 0 spiro atoms. The Morgan fingerprint density at radius 3 is 2.20 bits per heavy atom. The van der Waals surface area contributed by atoms with Gasteiger partial charge in [0.15, 0.2) is 11.6 Å². The van der Waals surface area contributed by atoms with Crippen LogP contribution in [0.4, 0.5) is 4.39 Å². The van der Waals surface area contributed by atoms with E-state index in [1.807, 2.05) is 18.2 Å². The Morgan fingerprint density at radius 1 is 0.926 bits per heavy atom. The zero-order valence-electron chi connectivity index (χ0n) is 32.4. The highest BCUT2D eigenvalue weighted by Gasteiger charge is 2.59. The lowest BCUT2D eigenvalue weighted by molar-refractivity contribution is -0.143. The van der Waals surface area contributed by atoms with E-state index in [1.54, 1.807) is 11.0 Å². The predicted molar refractivity (Wildman–Crippen MR) is 214 cm³/mol. The molecule has 7 rings (SSSR count). The van der Waals surface area contributed by atoms with E-state index in [0.717, 1.165) is 68.1 Å². The number of aromatic hydroxyl groups is 1. The second-order valence-corrected chi connectivity index (χ2v) is 21.2. The quantitative estimate of drug-likeness (QED) is 0.114. The number of carbonyl (C=O) groups excluding carboxylic acids is 2. The highest BCUT2D eigenvalue weighted by molar-refractivity contribution is 6.99. The van der Waals surface area contributed by atoms with E-state index in [4.69, 9.17) is 9.16 Å². The van der Waals surface area contributed by atoms with Crippen LogP contribution in [0, 0.1) is 23.6 Å². The number of imide groups is 1. The van der Waals surface area contributed by atoms with E-state index >= 15 is 0 Å². The van der Waals surface area contributed by atoms with Crippen molar-refractivity contribution in [2.45, 2.75) is 109 Å². The Hall–Kier alpha value is -3.85. The van der Waals surface area contributed by atoms with E-state index in [1.165, 1.54) is 28.1 Å². The molecule has 54 heavy (non-hydrogen) atoms. The fourth-order valence-electron chi connectivity index (χ4n) is 10.0. The number of likely N-dealkylation sites (tertiary alicyclic amines) is 1. The van der Waals surface area contributed by atoms with Crippen LogP contribution in [-0.4, -0.2) is 55.5 Å². The molecule has 2 amide bonds. The minimum absolute atomic E-state index is 0.00311. The summed E-state index contributed by atoms with van der Waals surface area (Å²) in [5.41, 5.74) is 4.18. The number of phenols is 1.